The zero-order valence-electron chi connectivity index (χ0n) is 18.2. The summed E-state index contributed by atoms with van der Waals surface area (Å²) in [5.41, 5.74) is 0.717. The number of carbonyl (C=O) groups excluding carboxylic acids is 1. The molecule has 0 spiro atoms. The summed E-state index contributed by atoms with van der Waals surface area (Å²) in [4.78, 5) is 21.6. The summed E-state index contributed by atoms with van der Waals surface area (Å²) in [5, 5.41) is 0. The molecular weight excluding hydrogens is 338 g/mol. The van der Waals surface area contributed by atoms with Crippen molar-refractivity contribution in [3.05, 3.63) is 23.9 Å². The van der Waals surface area contributed by atoms with E-state index < -0.39 is 5.60 Å². The van der Waals surface area contributed by atoms with Gasteiger partial charge in [0.25, 0.3) is 0 Å². The first-order valence-corrected chi connectivity index (χ1v) is 10.3. The molecule has 2 rings (SSSR count). The van der Waals surface area contributed by atoms with Gasteiger partial charge in [0.2, 0.25) is 0 Å². The van der Waals surface area contributed by atoms with Gasteiger partial charge in [-0.15, -0.1) is 0 Å². The predicted molar refractivity (Wildman–Crippen MR) is 111 cm³/mol. The molecule has 27 heavy (non-hydrogen) atoms. The molecule has 0 aliphatic carbocycles. The molecule has 152 valence electrons. The number of amides is 1. The lowest BCUT2D eigenvalue weighted by atomic mass is 10.1. The smallest absolute Gasteiger partial charge is 0.416 e. The lowest BCUT2D eigenvalue weighted by Crippen LogP contribution is -2.42. The minimum atomic E-state index is -0.524. The van der Waals surface area contributed by atoms with Crippen molar-refractivity contribution in [3.63, 3.8) is 0 Å². The van der Waals surface area contributed by atoms with E-state index in [9.17, 15) is 4.79 Å². The Labute approximate surface area is 165 Å². The standard InChI is InChI=1S/C22H37N3O2/c1-8-17(4)25(21(26)27-22(5,6)7)20-12-11-18(14-23-20)19-10-9-13-24(19)15-16(2)3/h11-12,14,16-17,19H,8-10,13,15H2,1-7H3/t17-,19+/m1/s1. The van der Waals surface area contributed by atoms with Gasteiger partial charge in [-0.3, -0.25) is 9.80 Å². The lowest BCUT2D eigenvalue weighted by molar-refractivity contribution is 0.0566. The number of hydrogen-bond acceptors (Lipinski definition) is 4. The number of carbonyl (C=O) groups is 1. The van der Waals surface area contributed by atoms with Crippen molar-refractivity contribution in [2.24, 2.45) is 5.92 Å². The Hall–Kier alpha value is -1.62. The van der Waals surface area contributed by atoms with Crippen LogP contribution >= 0.6 is 0 Å². The van der Waals surface area contributed by atoms with Crippen molar-refractivity contribution in [3.8, 4) is 0 Å². The maximum Gasteiger partial charge on any atom is 0.416 e. The zero-order chi connectivity index (χ0) is 20.2. The number of aromatic nitrogens is 1. The van der Waals surface area contributed by atoms with Crippen molar-refractivity contribution in [1.29, 1.82) is 0 Å². The first-order chi connectivity index (χ1) is 12.6. The molecule has 5 heteroatoms. The molecule has 0 saturated carbocycles. The van der Waals surface area contributed by atoms with Gasteiger partial charge >= 0.3 is 6.09 Å². The molecule has 1 fully saturated rings. The molecule has 5 nitrogen and oxygen atoms in total. The van der Waals surface area contributed by atoms with Crippen LogP contribution in [0.4, 0.5) is 10.6 Å². The molecule has 1 aromatic rings. The minimum Gasteiger partial charge on any atom is -0.443 e. The van der Waals surface area contributed by atoms with E-state index >= 15 is 0 Å². The second kappa shape index (κ2) is 9.05. The molecule has 2 atom stereocenters. The molecule has 1 aromatic heterocycles. The second-order valence-corrected chi connectivity index (χ2v) is 9.10. The summed E-state index contributed by atoms with van der Waals surface area (Å²) in [6.07, 6.45) is 4.86. The van der Waals surface area contributed by atoms with Gasteiger partial charge in [-0.25, -0.2) is 9.78 Å². The monoisotopic (exact) mass is 375 g/mol. The fourth-order valence-corrected chi connectivity index (χ4v) is 3.62. The summed E-state index contributed by atoms with van der Waals surface area (Å²) in [5.74, 6) is 1.32. The summed E-state index contributed by atoms with van der Waals surface area (Å²) >= 11 is 0. The highest BCUT2D eigenvalue weighted by atomic mass is 16.6. The van der Waals surface area contributed by atoms with E-state index in [0.29, 0.717) is 17.8 Å². The molecule has 0 radical (unpaired) electrons. The lowest BCUT2D eigenvalue weighted by Gasteiger charge is -2.31. The van der Waals surface area contributed by atoms with Gasteiger partial charge in [-0.05, 0) is 71.0 Å². The van der Waals surface area contributed by atoms with Crippen molar-refractivity contribution in [2.75, 3.05) is 18.0 Å². The van der Waals surface area contributed by atoms with Gasteiger partial charge in [-0.2, -0.15) is 0 Å². The third-order valence-corrected chi connectivity index (χ3v) is 4.99. The maximum atomic E-state index is 12.7. The van der Waals surface area contributed by atoms with Crippen molar-refractivity contribution >= 4 is 11.9 Å². The average molecular weight is 376 g/mol. The van der Waals surface area contributed by atoms with Crippen molar-refractivity contribution in [2.45, 2.75) is 85.4 Å². The summed E-state index contributed by atoms with van der Waals surface area (Å²) in [7, 11) is 0. The van der Waals surface area contributed by atoms with Crippen LogP contribution in [-0.4, -0.2) is 40.7 Å². The molecular formula is C22H37N3O2. The topological polar surface area (TPSA) is 45.7 Å². The van der Waals surface area contributed by atoms with Crippen molar-refractivity contribution in [1.82, 2.24) is 9.88 Å². The van der Waals surface area contributed by atoms with E-state index in [2.05, 4.69) is 36.7 Å². The summed E-state index contributed by atoms with van der Waals surface area (Å²) in [6.45, 7) is 16.6. The van der Waals surface area contributed by atoms with Crippen LogP contribution in [0.15, 0.2) is 18.3 Å². The van der Waals surface area contributed by atoms with Crippen LogP contribution in [0.2, 0.25) is 0 Å². The van der Waals surface area contributed by atoms with Crippen LogP contribution in [0, 0.1) is 5.92 Å². The number of hydrogen-bond donors (Lipinski definition) is 0. The first-order valence-electron chi connectivity index (χ1n) is 10.3. The van der Waals surface area contributed by atoms with Crippen LogP contribution in [0.1, 0.15) is 79.3 Å². The van der Waals surface area contributed by atoms with Gasteiger partial charge in [0.1, 0.15) is 11.4 Å². The molecule has 0 aromatic carbocycles. The summed E-state index contributed by atoms with van der Waals surface area (Å²) < 4.78 is 5.61. The van der Waals surface area contributed by atoms with Crippen molar-refractivity contribution < 1.29 is 9.53 Å². The van der Waals surface area contributed by atoms with Gasteiger partial charge in [0.15, 0.2) is 0 Å². The predicted octanol–water partition coefficient (Wildman–Crippen LogP) is 5.41. The highest BCUT2D eigenvalue weighted by Gasteiger charge is 2.29. The molecule has 0 unspecified atom stereocenters. The van der Waals surface area contributed by atoms with Crippen LogP contribution < -0.4 is 4.90 Å². The van der Waals surface area contributed by atoms with Crippen LogP contribution in [0.5, 0.6) is 0 Å². The SMILES string of the molecule is CC[C@@H](C)N(C(=O)OC(C)(C)C)c1ccc([C@@H]2CCCN2CC(C)C)cn1. The minimum absolute atomic E-state index is 0.0297. The molecule has 0 bridgehead atoms. The Bertz CT molecular complexity index is 607. The Morgan fingerprint density at radius 2 is 2.04 bits per heavy atom. The zero-order valence-corrected chi connectivity index (χ0v) is 18.2. The van der Waals surface area contributed by atoms with E-state index in [4.69, 9.17) is 4.74 Å². The van der Waals surface area contributed by atoms with E-state index in [1.165, 1.54) is 18.4 Å². The fraction of sp³-hybridized carbons (Fsp3) is 0.727. The Balaban J connectivity index is 2.20. The highest BCUT2D eigenvalue weighted by molar-refractivity contribution is 5.87. The maximum absolute atomic E-state index is 12.7. The second-order valence-electron chi connectivity index (χ2n) is 9.10. The number of anilines is 1. The molecule has 1 amide bonds. The van der Waals surface area contributed by atoms with Crippen LogP contribution in [0.25, 0.3) is 0 Å². The molecule has 1 aliphatic rings. The third-order valence-electron chi connectivity index (χ3n) is 4.99. The molecule has 1 aliphatic heterocycles. The number of rotatable bonds is 6. The molecule has 0 N–H and O–H groups in total. The van der Waals surface area contributed by atoms with Gasteiger partial charge in [0.05, 0.1) is 0 Å². The highest BCUT2D eigenvalue weighted by Crippen LogP contribution is 2.33. The number of nitrogens with zero attached hydrogens (tertiary/aromatic N) is 3. The third kappa shape index (κ3) is 5.93. The first kappa shape index (κ1) is 21.7. The van der Waals surface area contributed by atoms with E-state index in [1.807, 2.05) is 40.0 Å². The van der Waals surface area contributed by atoms with Gasteiger partial charge in [0, 0.05) is 24.8 Å². The van der Waals surface area contributed by atoms with Crippen LogP contribution in [0.3, 0.4) is 0 Å². The number of pyridine rings is 1. The van der Waals surface area contributed by atoms with Gasteiger partial charge in [-0.1, -0.05) is 26.8 Å². The normalized spacial score (nSPS) is 19.3. The summed E-state index contributed by atoms with van der Waals surface area (Å²) in [6, 6.07) is 4.57. The van der Waals surface area contributed by atoms with E-state index in [-0.39, 0.29) is 12.1 Å². The Kier molecular flexibility index (Phi) is 7.26. The molecule has 2 heterocycles. The average Bonchev–Trinajstić information content (AvgIpc) is 3.01. The molecule has 1 saturated heterocycles. The van der Waals surface area contributed by atoms with E-state index in [1.54, 1.807) is 4.90 Å². The fourth-order valence-electron chi connectivity index (χ4n) is 3.62. The Morgan fingerprint density at radius 1 is 1.33 bits per heavy atom. The largest absolute Gasteiger partial charge is 0.443 e. The van der Waals surface area contributed by atoms with Crippen LogP contribution in [-0.2, 0) is 4.74 Å². The quantitative estimate of drug-likeness (QED) is 0.666. The van der Waals surface area contributed by atoms with Gasteiger partial charge < -0.3 is 4.74 Å². The Morgan fingerprint density at radius 3 is 2.56 bits per heavy atom. The number of ether oxygens (including phenoxy) is 1. The number of likely N-dealkylation sites (tertiary alicyclic amines) is 1. The van der Waals surface area contributed by atoms with E-state index in [0.717, 1.165) is 19.5 Å².